The van der Waals surface area contributed by atoms with Crippen LogP contribution in [0.4, 0.5) is 4.39 Å². The van der Waals surface area contributed by atoms with Gasteiger partial charge in [0.05, 0.1) is 5.56 Å². The maximum absolute atomic E-state index is 12.9. The van der Waals surface area contributed by atoms with Gasteiger partial charge in [-0.05, 0) is 32.2 Å². The van der Waals surface area contributed by atoms with E-state index in [-0.39, 0.29) is 11.7 Å². The van der Waals surface area contributed by atoms with Crippen LogP contribution in [0.5, 0.6) is 5.75 Å². The number of primary amides is 1. The summed E-state index contributed by atoms with van der Waals surface area (Å²) in [6.45, 7) is 2.46. The predicted octanol–water partition coefficient (Wildman–Crippen LogP) is 0.911. The molecule has 0 saturated heterocycles. The Balaban J connectivity index is 2.90. The molecule has 0 aliphatic rings. The molecule has 88 valence electrons. The summed E-state index contributed by atoms with van der Waals surface area (Å²) in [7, 11) is 1.79. The number of halogens is 1. The van der Waals surface area contributed by atoms with Gasteiger partial charge < -0.3 is 15.8 Å². The number of nitrogens with two attached hydrogens (primary N) is 1. The highest BCUT2D eigenvalue weighted by atomic mass is 19.1. The lowest BCUT2D eigenvalue weighted by Gasteiger charge is -2.16. The topological polar surface area (TPSA) is 64.3 Å². The number of likely N-dealkylation sites (N-methyl/N-ethyl adjacent to an activating group) is 1. The molecule has 0 aliphatic heterocycles. The summed E-state index contributed by atoms with van der Waals surface area (Å²) in [5.74, 6) is -0.912. The van der Waals surface area contributed by atoms with Crippen molar-refractivity contribution in [1.29, 1.82) is 0 Å². The number of amides is 1. The molecule has 1 atom stereocenters. The zero-order valence-electron chi connectivity index (χ0n) is 9.29. The lowest BCUT2D eigenvalue weighted by Crippen LogP contribution is -2.27. The van der Waals surface area contributed by atoms with Crippen LogP contribution in [0, 0.1) is 5.82 Å². The highest BCUT2D eigenvalue weighted by Crippen LogP contribution is 2.20. The number of ether oxygens (including phenoxy) is 1. The number of nitrogens with one attached hydrogen (secondary N) is 1. The maximum Gasteiger partial charge on any atom is 0.252 e. The summed E-state index contributed by atoms with van der Waals surface area (Å²) in [5.41, 5.74) is 5.19. The molecule has 1 rings (SSSR count). The number of carbonyl (C=O) groups is 1. The van der Waals surface area contributed by atoms with E-state index in [1.807, 2.05) is 6.92 Å². The Morgan fingerprint density at radius 2 is 2.31 bits per heavy atom. The lowest BCUT2D eigenvalue weighted by molar-refractivity contribution is 0.0993. The molecule has 0 heterocycles. The van der Waals surface area contributed by atoms with E-state index < -0.39 is 11.7 Å². The van der Waals surface area contributed by atoms with Crippen LogP contribution in [0.2, 0.25) is 0 Å². The zero-order valence-corrected chi connectivity index (χ0v) is 9.29. The van der Waals surface area contributed by atoms with Crippen molar-refractivity contribution in [3.8, 4) is 5.75 Å². The van der Waals surface area contributed by atoms with E-state index in [4.69, 9.17) is 10.5 Å². The molecule has 0 saturated carbocycles. The van der Waals surface area contributed by atoms with E-state index >= 15 is 0 Å². The van der Waals surface area contributed by atoms with Crippen LogP contribution >= 0.6 is 0 Å². The third-order valence-corrected chi connectivity index (χ3v) is 2.03. The van der Waals surface area contributed by atoms with E-state index in [2.05, 4.69) is 5.32 Å². The molecule has 1 aromatic carbocycles. The van der Waals surface area contributed by atoms with Gasteiger partial charge in [0, 0.05) is 6.54 Å². The first-order valence-electron chi connectivity index (χ1n) is 4.95. The molecular weight excluding hydrogens is 211 g/mol. The smallest absolute Gasteiger partial charge is 0.252 e. The quantitative estimate of drug-likeness (QED) is 0.784. The van der Waals surface area contributed by atoms with Crippen molar-refractivity contribution in [3.63, 3.8) is 0 Å². The van der Waals surface area contributed by atoms with Crippen molar-refractivity contribution in [1.82, 2.24) is 5.32 Å². The fourth-order valence-corrected chi connectivity index (χ4v) is 1.34. The van der Waals surface area contributed by atoms with Crippen LogP contribution in [0.1, 0.15) is 17.3 Å². The minimum atomic E-state index is -0.703. The lowest BCUT2D eigenvalue weighted by atomic mass is 10.2. The molecule has 0 radical (unpaired) electrons. The predicted molar refractivity (Wildman–Crippen MR) is 58.9 cm³/mol. The van der Waals surface area contributed by atoms with Crippen molar-refractivity contribution in [2.45, 2.75) is 13.0 Å². The van der Waals surface area contributed by atoms with E-state index in [1.54, 1.807) is 7.05 Å². The third kappa shape index (κ3) is 3.20. The van der Waals surface area contributed by atoms with Crippen LogP contribution in [-0.4, -0.2) is 25.6 Å². The Hall–Kier alpha value is -1.62. The average molecular weight is 226 g/mol. The van der Waals surface area contributed by atoms with Gasteiger partial charge in [-0.1, -0.05) is 0 Å². The summed E-state index contributed by atoms with van der Waals surface area (Å²) in [6, 6.07) is 3.71. The first-order valence-corrected chi connectivity index (χ1v) is 4.95. The van der Waals surface area contributed by atoms with Crippen LogP contribution in [0.25, 0.3) is 0 Å². The van der Waals surface area contributed by atoms with Gasteiger partial charge in [0.2, 0.25) is 0 Å². The van der Waals surface area contributed by atoms with Crippen molar-refractivity contribution < 1.29 is 13.9 Å². The van der Waals surface area contributed by atoms with Crippen molar-refractivity contribution >= 4 is 5.91 Å². The molecule has 0 spiro atoms. The zero-order chi connectivity index (χ0) is 12.1. The second-order valence-electron chi connectivity index (χ2n) is 3.49. The molecule has 4 nitrogen and oxygen atoms in total. The summed E-state index contributed by atoms with van der Waals surface area (Å²) in [4.78, 5) is 11.1. The van der Waals surface area contributed by atoms with Crippen LogP contribution < -0.4 is 15.8 Å². The minimum absolute atomic E-state index is 0.0583. The number of carbonyl (C=O) groups excluding carboxylic acids is 1. The van der Waals surface area contributed by atoms with Crippen LogP contribution in [0.15, 0.2) is 18.2 Å². The minimum Gasteiger partial charge on any atom is -0.489 e. The molecule has 5 heteroatoms. The van der Waals surface area contributed by atoms with Crippen LogP contribution in [-0.2, 0) is 0 Å². The van der Waals surface area contributed by atoms with Crippen molar-refractivity contribution in [2.75, 3.05) is 13.6 Å². The molecule has 1 aromatic rings. The standard InChI is InChI=1S/C11H15FN2O2/c1-7(6-14-2)16-10-4-3-8(12)5-9(10)11(13)15/h3-5,7,14H,6H2,1-2H3,(H2,13,15). The molecule has 0 bridgehead atoms. The van der Waals surface area contributed by atoms with Gasteiger partial charge >= 0.3 is 0 Å². The Kier molecular flexibility index (Phi) is 4.25. The monoisotopic (exact) mass is 226 g/mol. The number of benzene rings is 1. The molecular formula is C11H15FN2O2. The molecule has 0 fully saturated rings. The summed E-state index contributed by atoms with van der Waals surface area (Å²) < 4.78 is 18.4. The summed E-state index contributed by atoms with van der Waals surface area (Å²) in [6.07, 6.45) is -0.131. The summed E-state index contributed by atoms with van der Waals surface area (Å²) in [5, 5.41) is 2.93. The largest absolute Gasteiger partial charge is 0.489 e. The summed E-state index contributed by atoms with van der Waals surface area (Å²) >= 11 is 0. The van der Waals surface area contributed by atoms with Gasteiger partial charge in [-0.15, -0.1) is 0 Å². The third-order valence-electron chi connectivity index (χ3n) is 2.03. The SMILES string of the molecule is CNCC(C)Oc1ccc(F)cc1C(N)=O. The van der Waals surface area contributed by atoms with Crippen LogP contribution in [0.3, 0.4) is 0 Å². The van der Waals surface area contributed by atoms with Gasteiger partial charge in [0.15, 0.2) is 0 Å². The maximum atomic E-state index is 12.9. The normalized spacial score (nSPS) is 12.2. The second-order valence-corrected chi connectivity index (χ2v) is 3.49. The van der Waals surface area contributed by atoms with Gasteiger partial charge in [-0.25, -0.2) is 4.39 Å². The number of hydrogen-bond donors (Lipinski definition) is 2. The van der Waals surface area contributed by atoms with Gasteiger partial charge in [-0.3, -0.25) is 4.79 Å². The Morgan fingerprint density at radius 1 is 1.62 bits per heavy atom. The first-order chi connectivity index (χ1) is 7.54. The Bertz CT molecular complexity index is 382. The van der Waals surface area contributed by atoms with Gasteiger partial charge in [0.25, 0.3) is 5.91 Å². The molecule has 3 N–H and O–H groups in total. The van der Waals surface area contributed by atoms with E-state index in [0.717, 1.165) is 6.07 Å². The van der Waals surface area contributed by atoms with Gasteiger partial charge in [0.1, 0.15) is 17.7 Å². The molecule has 0 aliphatic carbocycles. The Labute approximate surface area is 93.6 Å². The highest BCUT2D eigenvalue weighted by Gasteiger charge is 2.13. The van der Waals surface area contributed by atoms with Crippen molar-refractivity contribution in [2.24, 2.45) is 5.73 Å². The average Bonchev–Trinajstić information content (AvgIpc) is 2.20. The van der Waals surface area contributed by atoms with Gasteiger partial charge in [-0.2, -0.15) is 0 Å². The van der Waals surface area contributed by atoms with E-state index in [1.165, 1.54) is 12.1 Å². The fraction of sp³-hybridized carbons (Fsp3) is 0.364. The first kappa shape index (κ1) is 12.4. The molecule has 1 amide bonds. The number of rotatable bonds is 5. The fourth-order valence-electron chi connectivity index (χ4n) is 1.34. The molecule has 0 aromatic heterocycles. The molecule has 16 heavy (non-hydrogen) atoms. The highest BCUT2D eigenvalue weighted by molar-refractivity contribution is 5.95. The number of hydrogen-bond acceptors (Lipinski definition) is 3. The second kappa shape index (κ2) is 5.46. The Morgan fingerprint density at radius 3 is 2.88 bits per heavy atom. The van der Waals surface area contributed by atoms with E-state index in [0.29, 0.717) is 12.3 Å². The van der Waals surface area contributed by atoms with E-state index in [9.17, 15) is 9.18 Å². The molecule has 1 unspecified atom stereocenters. The van der Waals surface area contributed by atoms with Crippen molar-refractivity contribution in [3.05, 3.63) is 29.6 Å².